The molecule has 0 rings (SSSR count). The minimum atomic E-state index is -1.33. The molecule has 0 amide bonds. The fourth-order valence-corrected chi connectivity index (χ4v) is 0.415. The summed E-state index contributed by atoms with van der Waals surface area (Å²) in [6.07, 6.45) is -0.103. The molecular formula is C6H13AlCl3FeO3. The first-order chi connectivity index (χ1) is 5.90. The van der Waals surface area contributed by atoms with Crippen molar-refractivity contribution in [3.8, 4) is 0 Å². The third-order valence-electron chi connectivity index (χ3n) is 0.699. The molecule has 87 valence electrons. The molecule has 3 nitrogen and oxygen atoms in total. The van der Waals surface area contributed by atoms with Gasteiger partial charge in [-0.05, 0) is 13.8 Å². The molecule has 0 fully saturated rings. The zero-order valence-electron chi connectivity index (χ0n) is 7.13. The van der Waals surface area contributed by atoms with Crippen molar-refractivity contribution < 1.29 is 25.5 Å². The van der Waals surface area contributed by atoms with Gasteiger partial charge in [-0.3, -0.25) is 9.59 Å². The van der Waals surface area contributed by atoms with Crippen molar-refractivity contribution in [3.05, 3.63) is 0 Å². The number of esters is 1. The van der Waals surface area contributed by atoms with Crippen LogP contribution in [0.1, 0.15) is 20.3 Å². The quantitative estimate of drug-likeness (QED) is 0.448. The van der Waals surface area contributed by atoms with E-state index in [9.17, 15) is 9.59 Å². The Morgan fingerprint density at radius 3 is 1.86 bits per heavy atom. The molecule has 0 heterocycles. The number of Topliss-reactive ketones (excluding diaryl/α,β-unsaturated/α-hetero) is 1. The van der Waals surface area contributed by atoms with Crippen molar-refractivity contribution in [3.63, 3.8) is 0 Å². The van der Waals surface area contributed by atoms with Crippen molar-refractivity contribution in [2.75, 3.05) is 6.61 Å². The summed E-state index contributed by atoms with van der Waals surface area (Å²) in [6, 6.07) is 0. The Kier molecular flexibility index (Phi) is 20.6. The van der Waals surface area contributed by atoms with Crippen molar-refractivity contribution in [2.45, 2.75) is 20.3 Å². The van der Waals surface area contributed by atoms with Gasteiger partial charge in [0.2, 0.25) is 0 Å². The van der Waals surface area contributed by atoms with E-state index >= 15 is 0 Å². The van der Waals surface area contributed by atoms with Gasteiger partial charge in [-0.2, -0.15) is 0 Å². The fourth-order valence-electron chi connectivity index (χ4n) is 0.415. The van der Waals surface area contributed by atoms with E-state index in [1.807, 2.05) is 0 Å². The number of halogens is 3. The van der Waals surface area contributed by atoms with E-state index in [-0.39, 0.29) is 29.6 Å². The Bertz CT molecular complexity index is 166. The number of hydrogen-bond donors (Lipinski definition) is 0. The summed E-state index contributed by atoms with van der Waals surface area (Å²) in [5.74, 6) is -0.599. The van der Waals surface area contributed by atoms with E-state index in [0.717, 1.165) is 0 Å². The Morgan fingerprint density at radius 2 is 1.64 bits per heavy atom. The van der Waals surface area contributed by atoms with Gasteiger partial charge in [0.25, 0.3) is 0 Å². The van der Waals surface area contributed by atoms with Gasteiger partial charge >= 0.3 is 47.4 Å². The second kappa shape index (κ2) is 14.1. The molecule has 0 aliphatic heterocycles. The van der Waals surface area contributed by atoms with Crippen LogP contribution >= 0.6 is 30.3 Å². The summed E-state index contributed by atoms with van der Waals surface area (Å²) >= 11 is -1.33. The molecular weight excluding hydrogens is 309 g/mol. The molecule has 0 aliphatic carbocycles. The number of ether oxygens (including phenoxy) is 1. The molecule has 0 bridgehead atoms. The van der Waals surface area contributed by atoms with Crippen molar-refractivity contribution >= 4 is 59.4 Å². The van der Waals surface area contributed by atoms with Crippen molar-refractivity contribution in [1.82, 2.24) is 0 Å². The first-order valence-corrected chi connectivity index (χ1v) is 7.77. The second-order valence-electron chi connectivity index (χ2n) is 1.84. The molecule has 0 aliphatic rings. The molecule has 0 aromatic carbocycles. The predicted molar refractivity (Wildman–Crippen MR) is 59.4 cm³/mol. The topological polar surface area (TPSA) is 43.4 Å². The molecule has 0 unspecified atom stereocenters. The summed E-state index contributed by atoms with van der Waals surface area (Å²) in [5.41, 5.74) is 0. The van der Waals surface area contributed by atoms with Gasteiger partial charge in [0, 0.05) is 0 Å². The Morgan fingerprint density at radius 1 is 1.29 bits per heavy atom. The third kappa shape index (κ3) is 29.2. The SMILES string of the molecule is CCOC(=O)CC(C)=O.[AlH3].[Cl][Fe]([Cl])[Cl]. The van der Waals surface area contributed by atoms with Crippen LogP contribution in [0.3, 0.4) is 0 Å². The molecule has 0 saturated heterocycles. The zero-order valence-corrected chi connectivity index (χ0v) is 10.5. The van der Waals surface area contributed by atoms with Crippen LogP contribution < -0.4 is 0 Å². The van der Waals surface area contributed by atoms with E-state index in [0.29, 0.717) is 6.61 Å². The molecule has 0 saturated carbocycles. The molecule has 0 aromatic rings. The molecule has 0 radical (unpaired) electrons. The number of ketones is 1. The van der Waals surface area contributed by atoms with Crippen LogP contribution in [-0.4, -0.2) is 35.7 Å². The third-order valence-corrected chi connectivity index (χ3v) is 0.699. The van der Waals surface area contributed by atoms with E-state index in [1.54, 1.807) is 6.92 Å². The van der Waals surface area contributed by atoms with Crippen molar-refractivity contribution in [1.29, 1.82) is 0 Å². The summed E-state index contributed by atoms with van der Waals surface area (Å²) in [7, 11) is 14.7. The van der Waals surface area contributed by atoms with Gasteiger partial charge in [0.15, 0.2) is 17.4 Å². The summed E-state index contributed by atoms with van der Waals surface area (Å²) in [4.78, 5) is 20.6. The van der Waals surface area contributed by atoms with Gasteiger partial charge in [-0.1, -0.05) is 0 Å². The Balaban J connectivity index is -0.000000209. The van der Waals surface area contributed by atoms with E-state index in [2.05, 4.69) is 4.74 Å². The van der Waals surface area contributed by atoms with E-state index < -0.39 is 17.1 Å². The summed E-state index contributed by atoms with van der Waals surface area (Å²) in [5, 5.41) is 0. The summed E-state index contributed by atoms with van der Waals surface area (Å²) in [6.45, 7) is 3.40. The second-order valence-corrected chi connectivity index (χ2v) is 7.31. The van der Waals surface area contributed by atoms with E-state index in [4.69, 9.17) is 30.3 Å². The van der Waals surface area contributed by atoms with Crippen LogP contribution in [0.25, 0.3) is 0 Å². The molecule has 0 N–H and O–H groups in total. The van der Waals surface area contributed by atoms with Crippen LogP contribution in [0.15, 0.2) is 0 Å². The first-order valence-electron chi connectivity index (χ1n) is 3.22. The average Bonchev–Trinajstić information content (AvgIpc) is 1.83. The first kappa shape index (κ1) is 20.5. The number of carbonyl (C=O) groups is 2. The fraction of sp³-hybridized carbons (Fsp3) is 0.667. The van der Waals surface area contributed by atoms with Crippen LogP contribution in [0.4, 0.5) is 0 Å². The predicted octanol–water partition coefficient (Wildman–Crippen LogP) is 1.41. The molecule has 0 atom stereocenters. The van der Waals surface area contributed by atoms with Crippen LogP contribution in [-0.2, 0) is 25.5 Å². The average molecular weight is 322 g/mol. The number of rotatable bonds is 3. The Hall–Kier alpha value is 1.06. The van der Waals surface area contributed by atoms with Gasteiger partial charge in [-0.15, -0.1) is 0 Å². The van der Waals surface area contributed by atoms with Crippen LogP contribution in [0.2, 0.25) is 0 Å². The van der Waals surface area contributed by atoms with Crippen LogP contribution in [0, 0.1) is 0 Å². The Labute approximate surface area is 111 Å². The molecule has 0 spiro atoms. The monoisotopic (exact) mass is 321 g/mol. The zero-order chi connectivity index (χ0) is 10.9. The van der Waals surface area contributed by atoms with Gasteiger partial charge in [-0.25, -0.2) is 0 Å². The van der Waals surface area contributed by atoms with Gasteiger partial charge < -0.3 is 4.74 Å². The number of carbonyl (C=O) groups excluding carboxylic acids is 2. The number of hydrogen-bond acceptors (Lipinski definition) is 3. The maximum atomic E-state index is 10.4. The molecule has 14 heavy (non-hydrogen) atoms. The van der Waals surface area contributed by atoms with Crippen LogP contribution in [0.5, 0.6) is 0 Å². The molecule has 0 aromatic heterocycles. The molecule has 8 heteroatoms. The standard InChI is InChI=1S/C6H10O3.Al.3ClH.Fe.3H/c1-3-9-6(8)4-5(2)7;;;;;;;;/h3-4H2,1-2H3;;3*1H;;;;/q;;;;;+3;;;/p-3. The van der Waals surface area contributed by atoms with Gasteiger partial charge in [0.1, 0.15) is 12.2 Å². The van der Waals surface area contributed by atoms with E-state index in [1.165, 1.54) is 6.92 Å². The van der Waals surface area contributed by atoms with Crippen molar-refractivity contribution in [2.24, 2.45) is 0 Å². The normalized spacial score (nSPS) is 8.79. The van der Waals surface area contributed by atoms with Gasteiger partial charge in [0.05, 0.1) is 6.61 Å². The summed E-state index contributed by atoms with van der Waals surface area (Å²) < 4.78 is 4.49. The minimum absolute atomic E-state index is 0. The maximum absolute atomic E-state index is 10.4.